The van der Waals surface area contributed by atoms with Crippen molar-refractivity contribution >= 4 is 11.3 Å². The van der Waals surface area contributed by atoms with Crippen molar-refractivity contribution in [2.24, 2.45) is 0 Å². The van der Waals surface area contributed by atoms with Crippen LogP contribution in [-0.2, 0) is 6.42 Å². The van der Waals surface area contributed by atoms with Crippen LogP contribution in [0.2, 0.25) is 0 Å². The van der Waals surface area contributed by atoms with Gasteiger partial charge in [0, 0.05) is 5.38 Å². The zero-order chi connectivity index (χ0) is 12.4. The molecule has 0 bridgehead atoms. The fraction of sp³-hybridized carbons (Fsp3) is 0.0833. The summed E-state index contributed by atoms with van der Waals surface area (Å²) in [5, 5.41) is 14.9. The van der Waals surface area contributed by atoms with Gasteiger partial charge in [0.1, 0.15) is 11.4 Å². The van der Waals surface area contributed by atoms with Crippen molar-refractivity contribution in [3.63, 3.8) is 0 Å². The maximum atomic E-state index is 9.19. The van der Waals surface area contributed by atoms with E-state index in [-0.39, 0.29) is 5.75 Å². The third kappa shape index (κ3) is 2.23. The standard InChI is InChI=1S/C12H9N3O2S/c16-9-3-1-8(2-4-9)5-11-14-12(15-17-11)10-6-18-7-13-10/h1-4,6-7,16H,5H2. The van der Waals surface area contributed by atoms with Crippen LogP contribution in [0.5, 0.6) is 5.75 Å². The van der Waals surface area contributed by atoms with Crippen LogP contribution in [0.1, 0.15) is 11.5 Å². The van der Waals surface area contributed by atoms with Crippen LogP contribution in [0.4, 0.5) is 0 Å². The predicted octanol–water partition coefficient (Wildman–Crippen LogP) is 2.49. The van der Waals surface area contributed by atoms with E-state index in [4.69, 9.17) is 4.52 Å². The minimum Gasteiger partial charge on any atom is -0.508 e. The summed E-state index contributed by atoms with van der Waals surface area (Å²) in [5.74, 6) is 1.28. The van der Waals surface area contributed by atoms with Gasteiger partial charge in [0.15, 0.2) is 0 Å². The Hall–Kier alpha value is -2.21. The van der Waals surface area contributed by atoms with Gasteiger partial charge in [-0.25, -0.2) is 4.98 Å². The Kier molecular flexibility index (Phi) is 2.77. The second-order valence-electron chi connectivity index (χ2n) is 3.73. The van der Waals surface area contributed by atoms with Gasteiger partial charge in [0.05, 0.1) is 11.9 Å². The number of aromatic nitrogens is 3. The summed E-state index contributed by atoms with van der Waals surface area (Å²) in [4.78, 5) is 8.39. The molecule has 0 spiro atoms. The number of thiazole rings is 1. The average molecular weight is 259 g/mol. The molecule has 0 unspecified atom stereocenters. The van der Waals surface area contributed by atoms with Gasteiger partial charge in [-0.1, -0.05) is 17.3 Å². The van der Waals surface area contributed by atoms with E-state index in [0.29, 0.717) is 18.1 Å². The molecule has 0 radical (unpaired) electrons. The molecule has 18 heavy (non-hydrogen) atoms. The van der Waals surface area contributed by atoms with Crippen LogP contribution in [-0.4, -0.2) is 20.2 Å². The number of phenols is 1. The van der Waals surface area contributed by atoms with Crippen molar-refractivity contribution < 1.29 is 9.63 Å². The third-order valence-corrected chi connectivity index (χ3v) is 3.01. The lowest BCUT2D eigenvalue weighted by Gasteiger charge is -1.96. The van der Waals surface area contributed by atoms with Crippen molar-refractivity contribution in [3.05, 3.63) is 46.6 Å². The van der Waals surface area contributed by atoms with Gasteiger partial charge in [-0.2, -0.15) is 4.98 Å². The maximum absolute atomic E-state index is 9.19. The van der Waals surface area contributed by atoms with Gasteiger partial charge < -0.3 is 9.63 Å². The van der Waals surface area contributed by atoms with Gasteiger partial charge in [-0.05, 0) is 17.7 Å². The monoisotopic (exact) mass is 259 g/mol. The Morgan fingerprint density at radius 3 is 2.78 bits per heavy atom. The largest absolute Gasteiger partial charge is 0.508 e. The van der Waals surface area contributed by atoms with Crippen molar-refractivity contribution in [2.75, 3.05) is 0 Å². The smallest absolute Gasteiger partial charge is 0.231 e. The number of hydrogen-bond donors (Lipinski definition) is 1. The quantitative estimate of drug-likeness (QED) is 0.782. The Labute approximate surface area is 107 Å². The predicted molar refractivity (Wildman–Crippen MR) is 66.3 cm³/mol. The lowest BCUT2D eigenvalue weighted by Crippen LogP contribution is -1.88. The molecule has 1 N–H and O–H groups in total. The highest BCUT2D eigenvalue weighted by atomic mass is 32.1. The number of benzene rings is 1. The van der Waals surface area contributed by atoms with E-state index in [1.165, 1.54) is 11.3 Å². The number of aromatic hydroxyl groups is 1. The van der Waals surface area contributed by atoms with E-state index in [1.54, 1.807) is 17.6 Å². The van der Waals surface area contributed by atoms with Gasteiger partial charge >= 0.3 is 0 Å². The first-order valence-corrected chi connectivity index (χ1v) is 6.24. The van der Waals surface area contributed by atoms with Crippen LogP contribution >= 0.6 is 11.3 Å². The van der Waals surface area contributed by atoms with E-state index in [2.05, 4.69) is 15.1 Å². The molecule has 0 aliphatic heterocycles. The Bertz CT molecular complexity index is 632. The first kappa shape index (κ1) is 10.9. The minimum atomic E-state index is 0.243. The van der Waals surface area contributed by atoms with Crippen molar-refractivity contribution in [3.8, 4) is 17.3 Å². The van der Waals surface area contributed by atoms with Gasteiger partial charge in [0.25, 0.3) is 0 Å². The summed E-state index contributed by atoms with van der Waals surface area (Å²) < 4.78 is 5.16. The minimum absolute atomic E-state index is 0.243. The van der Waals surface area contributed by atoms with Crippen LogP contribution < -0.4 is 0 Å². The van der Waals surface area contributed by atoms with E-state index >= 15 is 0 Å². The fourth-order valence-corrected chi connectivity index (χ4v) is 2.07. The topological polar surface area (TPSA) is 72.0 Å². The molecule has 5 nitrogen and oxygen atoms in total. The summed E-state index contributed by atoms with van der Waals surface area (Å²) in [7, 11) is 0. The maximum Gasteiger partial charge on any atom is 0.231 e. The van der Waals surface area contributed by atoms with Crippen LogP contribution in [0.15, 0.2) is 39.7 Å². The molecule has 0 amide bonds. The highest BCUT2D eigenvalue weighted by Crippen LogP contribution is 2.17. The number of rotatable bonds is 3. The number of phenolic OH excluding ortho intramolecular Hbond substituents is 1. The molecule has 0 aliphatic carbocycles. The van der Waals surface area contributed by atoms with Crippen LogP contribution in [0, 0.1) is 0 Å². The lowest BCUT2D eigenvalue weighted by molar-refractivity contribution is 0.385. The molecule has 0 saturated heterocycles. The van der Waals surface area contributed by atoms with Crippen LogP contribution in [0.25, 0.3) is 11.5 Å². The molecule has 1 aromatic carbocycles. The first-order valence-electron chi connectivity index (χ1n) is 5.30. The van der Waals surface area contributed by atoms with Gasteiger partial charge in [0.2, 0.25) is 11.7 Å². The Morgan fingerprint density at radius 2 is 2.06 bits per heavy atom. The van der Waals surface area contributed by atoms with Crippen molar-refractivity contribution in [1.82, 2.24) is 15.1 Å². The summed E-state index contributed by atoms with van der Waals surface area (Å²) in [6.07, 6.45) is 0.539. The highest BCUT2D eigenvalue weighted by Gasteiger charge is 2.10. The number of hydrogen-bond acceptors (Lipinski definition) is 6. The molecule has 2 heterocycles. The summed E-state index contributed by atoms with van der Waals surface area (Å²) in [6.45, 7) is 0. The SMILES string of the molecule is Oc1ccc(Cc2nc(-c3cscn3)no2)cc1. The van der Waals surface area contributed by atoms with Crippen molar-refractivity contribution in [2.45, 2.75) is 6.42 Å². The Morgan fingerprint density at radius 1 is 1.22 bits per heavy atom. The van der Waals surface area contributed by atoms with Crippen molar-refractivity contribution in [1.29, 1.82) is 0 Å². The Balaban J connectivity index is 1.80. The molecule has 6 heteroatoms. The van der Waals surface area contributed by atoms with E-state index in [9.17, 15) is 5.11 Å². The van der Waals surface area contributed by atoms with E-state index < -0.39 is 0 Å². The zero-order valence-electron chi connectivity index (χ0n) is 9.28. The molecule has 0 aliphatic rings. The number of nitrogens with zero attached hydrogens (tertiary/aromatic N) is 3. The zero-order valence-corrected chi connectivity index (χ0v) is 10.1. The summed E-state index contributed by atoms with van der Waals surface area (Å²) >= 11 is 1.49. The summed E-state index contributed by atoms with van der Waals surface area (Å²) in [6, 6.07) is 6.91. The average Bonchev–Trinajstić information content (AvgIpc) is 3.02. The fourth-order valence-electron chi connectivity index (χ4n) is 1.54. The van der Waals surface area contributed by atoms with Gasteiger partial charge in [-0.3, -0.25) is 0 Å². The van der Waals surface area contributed by atoms with Gasteiger partial charge in [-0.15, -0.1) is 11.3 Å². The normalized spacial score (nSPS) is 10.7. The molecule has 3 aromatic rings. The third-order valence-electron chi connectivity index (χ3n) is 2.42. The molecule has 2 aromatic heterocycles. The molecule has 0 atom stereocenters. The van der Waals surface area contributed by atoms with E-state index in [0.717, 1.165) is 11.3 Å². The second-order valence-corrected chi connectivity index (χ2v) is 4.45. The lowest BCUT2D eigenvalue weighted by atomic mass is 10.1. The molecule has 3 rings (SSSR count). The first-order chi connectivity index (χ1) is 8.81. The molecular weight excluding hydrogens is 250 g/mol. The summed E-state index contributed by atoms with van der Waals surface area (Å²) in [5.41, 5.74) is 3.45. The molecule has 0 saturated carbocycles. The molecule has 90 valence electrons. The molecule has 0 fully saturated rings. The molecular formula is C12H9N3O2S. The van der Waals surface area contributed by atoms with Crippen LogP contribution in [0.3, 0.4) is 0 Å². The van der Waals surface area contributed by atoms with E-state index in [1.807, 2.05) is 17.5 Å². The second kappa shape index (κ2) is 4.58. The highest BCUT2D eigenvalue weighted by molar-refractivity contribution is 7.07.